The highest BCUT2D eigenvalue weighted by atomic mass is 32.2. The van der Waals surface area contributed by atoms with Crippen LogP contribution in [-0.4, -0.2) is 194 Å². The predicted molar refractivity (Wildman–Crippen MR) is 339 cm³/mol. The smallest absolute Gasteiger partial charge is 0.326 e. The molecule has 9 atom stereocenters. The molecule has 0 radical (unpaired) electrons. The highest BCUT2D eigenvalue weighted by Crippen LogP contribution is 2.22. The van der Waals surface area contributed by atoms with Crippen molar-refractivity contribution in [3.63, 3.8) is 0 Å². The number of imidazole rings is 1. The Bertz CT molecular complexity index is 3130. The van der Waals surface area contributed by atoms with Crippen molar-refractivity contribution in [1.29, 1.82) is 0 Å². The van der Waals surface area contributed by atoms with Crippen LogP contribution < -0.4 is 65.5 Å². The molecule has 1 aliphatic heterocycles. The Labute approximate surface area is 530 Å². The summed E-state index contributed by atoms with van der Waals surface area (Å²) in [4.78, 5) is 167. The molecule has 1 aliphatic rings. The summed E-state index contributed by atoms with van der Waals surface area (Å²) < 4.78 is 0. The van der Waals surface area contributed by atoms with Crippen LogP contribution >= 0.6 is 11.8 Å². The van der Waals surface area contributed by atoms with Crippen molar-refractivity contribution in [3.05, 3.63) is 90.1 Å². The summed E-state index contributed by atoms with van der Waals surface area (Å²) in [7, 11) is 0. The number of rotatable bonds is 39. The number of aliphatic imine (C=N–C) groups is 1. The lowest BCUT2D eigenvalue weighted by molar-refractivity contribution is -0.145. The first-order valence-electron chi connectivity index (χ1n) is 30.2. The minimum Gasteiger partial charge on any atom is -0.481 e. The van der Waals surface area contributed by atoms with Gasteiger partial charge in [0.05, 0.1) is 18.9 Å². The van der Waals surface area contributed by atoms with Gasteiger partial charge in [0.2, 0.25) is 53.2 Å². The first-order chi connectivity index (χ1) is 43.5. The number of para-hydroxylation sites is 1. The van der Waals surface area contributed by atoms with Crippen molar-refractivity contribution in [2.24, 2.45) is 33.8 Å². The Morgan fingerprint density at radius 3 is 1.95 bits per heavy atom. The number of carbonyl (C=O) groups excluding carboxylic acids is 9. The number of aromatic nitrogens is 3. The second kappa shape index (κ2) is 37.2. The monoisotopic (exact) mass is 1290 g/mol. The van der Waals surface area contributed by atoms with Crippen LogP contribution in [0.15, 0.2) is 78.3 Å². The maximum absolute atomic E-state index is 14.9. The van der Waals surface area contributed by atoms with Gasteiger partial charge in [-0.3, -0.25) is 52.9 Å². The summed E-state index contributed by atoms with van der Waals surface area (Å²) in [5.41, 5.74) is 25.3. The topological polar surface area (TPSA) is 489 Å². The van der Waals surface area contributed by atoms with E-state index in [1.54, 1.807) is 68.6 Å². The molecule has 1 saturated heterocycles. The van der Waals surface area contributed by atoms with Crippen LogP contribution in [-0.2, 0) is 72.0 Å². The van der Waals surface area contributed by atoms with E-state index in [0.29, 0.717) is 52.7 Å². The summed E-state index contributed by atoms with van der Waals surface area (Å²) in [6.07, 6.45) is 6.68. The molecule has 31 heteroatoms. The van der Waals surface area contributed by atoms with E-state index in [9.17, 15) is 63.0 Å². The van der Waals surface area contributed by atoms with Crippen LogP contribution in [0.25, 0.3) is 10.9 Å². The molecule has 5 rings (SSSR count). The third kappa shape index (κ3) is 23.7. The number of carbonyl (C=O) groups is 11. The average Bonchev–Trinajstić information content (AvgIpc) is 1.85. The second-order valence-corrected chi connectivity index (χ2v) is 23.5. The molecule has 3 heterocycles. The molecule has 0 aliphatic carbocycles. The van der Waals surface area contributed by atoms with Crippen molar-refractivity contribution in [3.8, 4) is 0 Å². The lowest BCUT2D eigenvalue weighted by Crippen LogP contribution is -2.60. The minimum absolute atomic E-state index is 0.00216. The number of aromatic amines is 2. The van der Waals surface area contributed by atoms with Gasteiger partial charge in [-0.05, 0) is 99.5 Å². The summed E-state index contributed by atoms with van der Waals surface area (Å²) in [6.45, 7) is 3.03. The van der Waals surface area contributed by atoms with Crippen LogP contribution in [0.5, 0.6) is 0 Å². The Kier molecular flexibility index (Phi) is 29.7. The molecule has 20 N–H and O–H groups in total. The van der Waals surface area contributed by atoms with Gasteiger partial charge in [-0.2, -0.15) is 11.8 Å². The van der Waals surface area contributed by atoms with Crippen LogP contribution in [0.4, 0.5) is 0 Å². The van der Waals surface area contributed by atoms with Gasteiger partial charge in [-0.25, -0.2) is 9.78 Å². The van der Waals surface area contributed by atoms with E-state index in [4.69, 9.17) is 22.9 Å². The fraction of sp³-hybridized carbons (Fsp3) is 0.517. The van der Waals surface area contributed by atoms with E-state index in [1.807, 2.05) is 12.3 Å². The van der Waals surface area contributed by atoms with Gasteiger partial charge < -0.3 is 90.5 Å². The van der Waals surface area contributed by atoms with E-state index >= 15 is 0 Å². The molecule has 2 aromatic carbocycles. The number of fused-ring (bicyclic) bond motifs is 1. The fourth-order valence-electron chi connectivity index (χ4n) is 10.2. The van der Waals surface area contributed by atoms with Gasteiger partial charge in [0.15, 0.2) is 5.96 Å². The number of nitrogens with two attached hydrogens (primary N) is 4. The summed E-state index contributed by atoms with van der Waals surface area (Å²) >= 11 is 1.45. The number of carboxylic acid groups (broad SMARTS) is 2. The van der Waals surface area contributed by atoms with Crippen LogP contribution in [0.3, 0.4) is 0 Å². The molecule has 91 heavy (non-hydrogen) atoms. The van der Waals surface area contributed by atoms with Gasteiger partial charge >= 0.3 is 11.9 Å². The zero-order valence-corrected chi connectivity index (χ0v) is 52.2. The molecule has 4 aromatic rings. The number of H-pyrrole nitrogens is 2. The lowest BCUT2D eigenvalue weighted by Gasteiger charge is -2.30. The van der Waals surface area contributed by atoms with E-state index < -0.39 is 138 Å². The second-order valence-electron chi connectivity index (χ2n) is 22.5. The largest absolute Gasteiger partial charge is 0.481 e. The van der Waals surface area contributed by atoms with E-state index in [2.05, 4.69) is 62.5 Å². The Morgan fingerprint density at radius 1 is 0.703 bits per heavy atom. The quantitative estimate of drug-likeness (QED) is 0.0134. The summed E-state index contributed by atoms with van der Waals surface area (Å²) in [5, 5.41) is 41.2. The van der Waals surface area contributed by atoms with E-state index in [-0.39, 0.29) is 83.4 Å². The minimum atomic E-state index is -1.49. The third-order valence-electron chi connectivity index (χ3n) is 15.2. The van der Waals surface area contributed by atoms with Gasteiger partial charge in [0, 0.05) is 67.8 Å². The Morgan fingerprint density at radius 2 is 1.32 bits per heavy atom. The molecule has 0 unspecified atom stereocenters. The molecular weight excluding hydrogens is 1200 g/mol. The van der Waals surface area contributed by atoms with Crippen molar-refractivity contribution in [2.45, 2.75) is 152 Å². The predicted octanol–water partition coefficient (Wildman–Crippen LogP) is -1.71. The van der Waals surface area contributed by atoms with Crippen LogP contribution in [0.1, 0.15) is 94.9 Å². The summed E-state index contributed by atoms with van der Waals surface area (Å²) in [5.74, 6) is -9.84. The highest BCUT2D eigenvalue weighted by molar-refractivity contribution is 7.98. The van der Waals surface area contributed by atoms with Crippen LogP contribution in [0, 0.1) is 5.92 Å². The molecule has 0 saturated carbocycles. The molecule has 2 aromatic heterocycles. The SMILES string of the molecule is CSCC[C@H](N)C(=O)N[C@@H](CCC(=O)O)C(=O)N[C@@H](Cc1cnc[nH]1)C(=O)N[C@@H](Cc1ccccc1)C(=O)N[C@@H](CCCN=C(N)N)C(=O)N[C@@H](Cc1c[nH]c2ccccc12)C(=O)NCC(=O)N[C@@H](CCCCN)C(=O)N1CCC[C@H]1C(=O)N[C@H](C(=O)O)C(C)C. The van der Waals surface area contributed by atoms with Crippen LogP contribution in [0.2, 0.25) is 0 Å². The molecule has 9 amide bonds. The number of thioether (sulfide) groups is 1. The molecule has 0 spiro atoms. The summed E-state index contributed by atoms with van der Waals surface area (Å²) in [6, 6.07) is 4.00. The number of unbranched alkanes of at least 4 members (excludes halogenated alkanes) is 1. The number of nitrogens with one attached hydrogen (secondary N) is 10. The number of benzene rings is 2. The van der Waals surface area contributed by atoms with Crippen molar-refractivity contribution < 1.29 is 63.0 Å². The van der Waals surface area contributed by atoms with Gasteiger partial charge in [-0.15, -0.1) is 0 Å². The standard InChI is InChI=1S/C60H87N17O13S/c1-34(2)50(59(89)90)76-57(87)47-19-12-25-77(47)58(88)43(17-9-10-23-61)70-48(78)32-68-52(82)45(28-36-30-67-40-16-8-7-15-38(36)40)74-53(83)41(18-11-24-66-60(63)64)72-55(85)44(27-35-13-5-4-6-14-35)73-56(86)46(29-37-31-65-33-69-37)75-54(84)42(20-21-49(79)80)71-51(81)39(62)22-26-91-3/h4-8,13-16,30-31,33-34,39,41-47,50,67H,9-12,17-29,32,61-62H2,1-3H3,(H,65,69)(H,68,82)(H,70,78)(H,71,81)(H,72,85)(H,73,86)(H,74,83)(H,75,84)(H,76,87)(H,79,80)(H,89,90)(H4,63,64,66)/t39-,41-,42-,43-,44-,45-,46-,47-,50-/m0/s1. The Hall–Kier alpha value is -9.10. The van der Waals surface area contributed by atoms with Crippen molar-refractivity contribution >= 4 is 93.7 Å². The maximum atomic E-state index is 14.9. The zero-order chi connectivity index (χ0) is 66.6. The number of guanidine groups is 1. The number of nitrogens with zero attached hydrogens (tertiary/aromatic N) is 3. The van der Waals surface area contributed by atoms with Gasteiger partial charge in [-0.1, -0.05) is 62.4 Å². The third-order valence-corrected chi connectivity index (χ3v) is 15.8. The molecule has 30 nitrogen and oxygen atoms in total. The highest BCUT2D eigenvalue weighted by Gasteiger charge is 2.40. The number of carboxylic acids is 2. The van der Waals surface area contributed by atoms with E-state index in [0.717, 1.165) is 0 Å². The number of likely N-dealkylation sites (tertiary alicyclic amines) is 1. The first kappa shape index (κ1) is 72.6. The fourth-order valence-corrected chi connectivity index (χ4v) is 10.7. The molecule has 0 bridgehead atoms. The van der Waals surface area contributed by atoms with E-state index in [1.165, 1.54) is 29.2 Å². The molecule has 1 fully saturated rings. The Balaban J connectivity index is 1.42. The molecular formula is C60H87N17O13S. The van der Waals surface area contributed by atoms with Gasteiger partial charge in [0.1, 0.15) is 48.3 Å². The lowest BCUT2D eigenvalue weighted by atomic mass is 10.0. The number of aliphatic carboxylic acids is 2. The average molecular weight is 1290 g/mol. The zero-order valence-electron chi connectivity index (χ0n) is 51.4. The van der Waals surface area contributed by atoms with Crippen molar-refractivity contribution in [1.82, 2.24) is 62.4 Å². The van der Waals surface area contributed by atoms with Crippen molar-refractivity contribution in [2.75, 3.05) is 38.2 Å². The number of amides is 9. The van der Waals surface area contributed by atoms with Gasteiger partial charge in [0.25, 0.3) is 0 Å². The molecule has 496 valence electrons. The first-order valence-corrected chi connectivity index (χ1v) is 31.6. The number of hydrogen-bond donors (Lipinski definition) is 16. The normalized spacial score (nSPS) is 15.5. The maximum Gasteiger partial charge on any atom is 0.326 e. The number of hydrogen-bond acceptors (Lipinski definition) is 16.